The molecule has 0 spiro atoms. The lowest BCUT2D eigenvalue weighted by Crippen LogP contribution is -2.42. The summed E-state index contributed by atoms with van der Waals surface area (Å²) < 4.78 is 46.2. The van der Waals surface area contributed by atoms with Crippen molar-refractivity contribution in [1.29, 1.82) is 0 Å². The molecule has 0 aliphatic carbocycles. The molecule has 32 heavy (non-hydrogen) atoms. The second-order valence-corrected chi connectivity index (χ2v) is 9.97. The normalized spacial score (nSPS) is 19.0. The Bertz CT molecular complexity index is 1040. The van der Waals surface area contributed by atoms with Gasteiger partial charge in [0.25, 0.3) is 5.91 Å². The van der Waals surface area contributed by atoms with Crippen LogP contribution < -0.4 is 0 Å². The number of sulfonamides is 1. The van der Waals surface area contributed by atoms with Crippen molar-refractivity contribution in [3.63, 3.8) is 0 Å². The number of halogens is 1. The van der Waals surface area contributed by atoms with E-state index in [1.807, 2.05) is 0 Å². The lowest BCUT2D eigenvalue weighted by molar-refractivity contribution is 0.0725. The molecule has 4 rings (SSSR count). The molecule has 2 saturated heterocycles. The zero-order chi connectivity index (χ0) is 22.6. The van der Waals surface area contributed by atoms with Gasteiger partial charge in [-0.3, -0.25) is 9.69 Å². The van der Waals surface area contributed by atoms with E-state index >= 15 is 0 Å². The predicted octanol–water partition coefficient (Wildman–Crippen LogP) is 2.19. The molecule has 0 N–H and O–H groups in total. The van der Waals surface area contributed by atoms with Crippen molar-refractivity contribution < 1.29 is 22.3 Å². The summed E-state index contributed by atoms with van der Waals surface area (Å²) in [6.07, 6.45) is 0.783. The molecule has 0 bridgehead atoms. The Kier molecular flexibility index (Phi) is 7.20. The van der Waals surface area contributed by atoms with E-state index in [1.54, 1.807) is 35.2 Å². The van der Waals surface area contributed by atoms with Crippen LogP contribution in [0.3, 0.4) is 0 Å². The minimum absolute atomic E-state index is 0.0549. The van der Waals surface area contributed by atoms with Crippen molar-refractivity contribution in [2.45, 2.75) is 17.9 Å². The van der Waals surface area contributed by atoms with E-state index in [2.05, 4.69) is 4.90 Å². The van der Waals surface area contributed by atoms with Gasteiger partial charge >= 0.3 is 0 Å². The third-order valence-electron chi connectivity index (χ3n) is 5.90. The summed E-state index contributed by atoms with van der Waals surface area (Å²) in [5.74, 6) is -0.520. The molecule has 0 saturated carbocycles. The van der Waals surface area contributed by atoms with Crippen LogP contribution in [0.15, 0.2) is 53.4 Å². The molecule has 2 aliphatic rings. The molecule has 2 aromatic carbocycles. The van der Waals surface area contributed by atoms with Crippen LogP contribution in [0.2, 0.25) is 0 Å². The van der Waals surface area contributed by atoms with E-state index in [1.165, 1.54) is 22.5 Å². The molecule has 0 unspecified atom stereocenters. The molecule has 0 radical (unpaired) electrons. The molecule has 7 nitrogen and oxygen atoms in total. The zero-order valence-electron chi connectivity index (χ0n) is 18.0. The number of morpholine rings is 1. The molecular formula is C23H28FN3O4S. The highest BCUT2D eigenvalue weighted by Gasteiger charge is 2.31. The summed E-state index contributed by atoms with van der Waals surface area (Å²) in [5, 5.41) is 0. The molecule has 172 valence electrons. The van der Waals surface area contributed by atoms with Crippen molar-refractivity contribution in [1.82, 2.24) is 14.1 Å². The van der Waals surface area contributed by atoms with Crippen LogP contribution in [0.1, 0.15) is 22.3 Å². The topological polar surface area (TPSA) is 70.2 Å². The maximum absolute atomic E-state index is 13.4. The van der Waals surface area contributed by atoms with Gasteiger partial charge in [0, 0.05) is 45.8 Å². The zero-order valence-corrected chi connectivity index (χ0v) is 18.8. The minimum Gasteiger partial charge on any atom is -0.379 e. The van der Waals surface area contributed by atoms with E-state index < -0.39 is 10.0 Å². The van der Waals surface area contributed by atoms with Gasteiger partial charge in [-0.2, -0.15) is 4.31 Å². The Morgan fingerprint density at radius 2 is 1.62 bits per heavy atom. The Balaban J connectivity index is 1.47. The summed E-state index contributed by atoms with van der Waals surface area (Å²) in [6, 6.07) is 12.9. The molecular weight excluding hydrogens is 433 g/mol. The Hall–Kier alpha value is -2.33. The maximum atomic E-state index is 13.4. The maximum Gasteiger partial charge on any atom is 0.255 e. The molecule has 0 aromatic heterocycles. The van der Waals surface area contributed by atoms with E-state index in [4.69, 9.17) is 4.74 Å². The van der Waals surface area contributed by atoms with Gasteiger partial charge < -0.3 is 9.64 Å². The van der Waals surface area contributed by atoms with Crippen LogP contribution in [-0.4, -0.2) is 80.9 Å². The fourth-order valence-corrected chi connectivity index (χ4v) is 5.74. The lowest BCUT2D eigenvalue weighted by atomic mass is 10.2. The summed E-state index contributed by atoms with van der Waals surface area (Å²) in [4.78, 5) is 17.4. The highest BCUT2D eigenvalue weighted by atomic mass is 32.2. The second kappa shape index (κ2) is 10.1. The quantitative estimate of drug-likeness (QED) is 0.683. The molecule has 0 atom stereocenters. The van der Waals surface area contributed by atoms with Crippen LogP contribution in [0.4, 0.5) is 4.39 Å². The highest BCUT2D eigenvalue weighted by Crippen LogP contribution is 2.23. The first-order chi connectivity index (χ1) is 15.4. The standard InChI is InChI=1S/C23H28FN3O4S/c24-20-8-6-19(7-9-20)18-25-10-3-11-26(13-12-25)23(28)21-4-1-2-5-22(21)32(29,30)27-14-16-31-17-15-27/h1-2,4-9H,3,10-18H2. The Labute approximate surface area is 188 Å². The van der Waals surface area contributed by atoms with Crippen molar-refractivity contribution >= 4 is 15.9 Å². The number of hydrogen-bond donors (Lipinski definition) is 0. The first kappa shape index (κ1) is 22.8. The fraction of sp³-hybridized carbons (Fsp3) is 0.435. The molecule has 2 fully saturated rings. The van der Waals surface area contributed by atoms with Crippen LogP contribution in [-0.2, 0) is 21.3 Å². The third-order valence-corrected chi connectivity index (χ3v) is 7.86. The third kappa shape index (κ3) is 5.17. The molecule has 1 amide bonds. The van der Waals surface area contributed by atoms with Crippen molar-refractivity contribution in [2.75, 3.05) is 52.5 Å². The summed E-state index contributed by atoms with van der Waals surface area (Å²) in [7, 11) is -3.78. The van der Waals surface area contributed by atoms with Crippen LogP contribution in [0.25, 0.3) is 0 Å². The fourth-order valence-electron chi connectivity index (χ4n) is 4.14. The Morgan fingerprint density at radius 3 is 2.38 bits per heavy atom. The summed E-state index contributed by atoms with van der Waals surface area (Å²) >= 11 is 0. The number of benzene rings is 2. The van der Waals surface area contributed by atoms with Gasteiger partial charge in [0.1, 0.15) is 5.82 Å². The van der Waals surface area contributed by atoms with Gasteiger partial charge in [0.15, 0.2) is 0 Å². The van der Waals surface area contributed by atoms with Gasteiger partial charge in [0.2, 0.25) is 10.0 Å². The largest absolute Gasteiger partial charge is 0.379 e. The summed E-state index contributed by atoms with van der Waals surface area (Å²) in [5.41, 5.74) is 1.24. The number of carbonyl (C=O) groups excluding carboxylic acids is 1. The van der Waals surface area contributed by atoms with Crippen molar-refractivity contribution in [2.24, 2.45) is 0 Å². The average molecular weight is 462 g/mol. The molecule has 2 heterocycles. The Morgan fingerprint density at radius 1 is 0.906 bits per heavy atom. The van der Waals surface area contributed by atoms with E-state index in [9.17, 15) is 17.6 Å². The first-order valence-electron chi connectivity index (χ1n) is 10.9. The molecule has 9 heteroatoms. The van der Waals surface area contributed by atoms with Crippen LogP contribution in [0.5, 0.6) is 0 Å². The highest BCUT2D eigenvalue weighted by molar-refractivity contribution is 7.89. The van der Waals surface area contributed by atoms with Crippen molar-refractivity contribution in [3.8, 4) is 0 Å². The molecule has 2 aliphatic heterocycles. The first-order valence-corrected chi connectivity index (χ1v) is 12.3. The van der Waals surface area contributed by atoms with Gasteiger partial charge in [-0.1, -0.05) is 24.3 Å². The van der Waals surface area contributed by atoms with Crippen molar-refractivity contribution in [3.05, 3.63) is 65.5 Å². The van der Waals surface area contributed by atoms with Gasteiger partial charge in [-0.05, 0) is 36.2 Å². The van der Waals surface area contributed by atoms with Gasteiger partial charge in [-0.25, -0.2) is 12.8 Å². The number of carbonyl (C=O) groups is 1. The number of hydrogen-bond acceptors (Lipinski definition) is 5. The van der Waals surface area contributed by atoms with Gasteiger partial charge in [0.05, 0.1) is 23.7 Å². The second-order valence-electron chi connectivity index (χ2n) is 8.06. The SMILES string of the molecule is O=C(c1ccccc1S(=O)(=O)N1CCOCC1)N1CCCN(Cc2ccc(F)cc2)CC1. The summed E-state index contributed by atoms with van der Waals surface area (Å²) in [6.45, 7) is 4.51. The predicted molar refractivity (Wildman–Crippen MR) is 118 cm³/mol. The number of ether oxygens (including phenoxy) is 1. The lowest BCUT2D eigenvalue weighted by Gasteiger charge is -2.28. The minimum atomic E-state index is -3.78. The number of nitrogens with zero attached hydrogens (tertiary/aromatic N) is 3. The van der Waals surface area contributed by atoms with E-state index in [0.29, 0.717) is 39.4 Å². The van der Waals surface area contributed by atoms with Crippen LogP contribution >= 0.6 is 0 Å². The van der Waals surface area contributed by atoms with Crippen LogP contribution in [0, 0.1) is 5.82 Å². The van der Waals surface area contributed by atoms with E-state index in [-0.39, 0.29) is 35.3 Å². The monoisotopic (exact) mass is 461 g/mol. The smallest absolute Gasteiger partial charge is 0.255 e. The van der Waals surface area contributed by atoms with E-state index in [0.717, 1.165) is 18.5 Å². The number of amides is 1. The number of rotatable bonds is 5. The molecule has 2 aromatic rings. The van der Waals surface area contributed by atoms with Gasteiger partial charge in [-0.15, -0.1) is 0 Å². The average Bonchev–Trinajstić information content (AvgIpc) is 3.06.